The summed E-state index contributed by atoms with van der Waals surface area (Å²) in [7, 11) is 0. The lowest BCUT2D eigenvalue weighted by Gasteiger charge is -2.08. The fourth-order valence-corrected chi connectivity index (χ4v) is 2.57. The Hall–Kier alpha value is -1.08. The van der Waals surface area contributed by atoms with Gasteiger partial charge in [-0.3, -0.25) is 0 Å². The molecule has 0 rings (SSSR count). The van der Waals surface area contributed by atoms with Crippen LogP contribution in [0.4, 0.5) is 0 Å². The lowest BCUT2D eigenvalue weighted by Crippen LogP contribution is -2.04. The summed E-state index contributed by atoms with van der Waals surface area (Å²) in [4.78, 5) is 0. The molecule has 0 aliphatic carbocycles. The van der Waals surface area contributed by atoms with Gasteiger partial charge in [0.25, 0.3) is 0 Å². The average Bonchev–Trinajstić information content (AvgIpc) is 2.46. The van der Waals surface area contributed by atoms with Gasteiger partial charge >= 0.3 is 0 Å². The molecule has 0 radical (unpaired) electrons. The van der Waals surface area contributed by atoms with E-state index in [0.717, 1.165) is 51.4 Å². The SMILES string of the molecule is CC(C)=CCC/C(C)=C/CCC(O)CC/C=C(\C)CCC=C(C)C. The molecule has 0 aromatic rings. The fraction of sp³-hybridized carbons (Fsp3) is 0.652. The van der Waals surface area contributed by atoms with E-state index in [9.17, 15) is 5.11 Å². The molecule has 0 unspecified atom stereocenters. The van der Waals surface area contributed by atoms with Gasteiger partial charge in [-0.25, -0.2) is 0 Å². The third-order valence-electron chi connectivity index (χ3n) is 4.17. The second-order valence-electron chi connectivity index (χ2n) is 7.55. The zero-order valence-corrected chi connectivity index (χ0v) is 17.0. The Morgan fingerprint density at radius 3 is 1.33 bits per heavy atom. The van der Waals surface area contributed by atoms with Gasteiger partial charge < -0.3 is 5.11 Å². The highest BCUT2D eigenvalue weighted by atomic mass is 16.3. The molecule has 0 atom stereocenters. The summed E-state index contributed by atoms with van der Waals surface area (Å²) >= 11 is 0. The van der Waals surface area contributed by atoms with Gasteiger partial charge in [-0.05, 0) is 92.9 Å². The second kappa shape index (κ2) is 14.3. The lowest BCUT2D eigenvalue weighted by atomic mass is 10.0. The van der Waals surface area contributed by atoms with Gasteiger partial charge in [0.15, 0.2) is 0 Å². The van der Waals surface area contributed by atoms with E-state index in [1.165, 1.54) is 22.3 Å². The number of aliphatic hydroxyl groups excluding tert-OH is 1. The van der Waals surface area contributed by atoms with E-state index in [1.807, 2.05) is 0 Å². The zero-order valence-electron chi connectivity index (χ0n) is 17.0. The molecule has 138 valence electrons. The predicted octanol–water partition coefficient (Wildman–Crippen LogP) is 7.29. The van der Waals surface area contributed by atoms with Gasteiger partial charge in [0.05, 0.1) is 6.10 Å². The van der Waals surface area contributed by atoms with Gasteiger partial charge in [0, 0.05) is 0 Å². The molecule has 0 spiro atoms. The summed E-state index contributed by atoms with van der Waals surface area (Å²) in [5.41, 5.74) is 5.66. The van der Waals surface area contributed by atoms with Crippen molar-refractivity contribution in [2.75, 3.05) is 0 Å². The van der Waals surface area contributed by atoms with Crippen molar-refractivity contribution in [1.29, 1.82) is 0 Å². The molecule has 0 saturated heterocycles. The normalized spacial score (nSPS) is 13.6. The van der Waals surface area contributed by atoms with Gasteiger partial charge in [0.2, 0.25) is 0 Å². The van der Waals surface area contributed by atoms with E-state index in [4.69, 9.17) is 0 Å². The van der Waals surface area contributed by atoms with Crippen LogP contribution in [-0.2, 0) is 0 Å². The number of hydrogen-bond donors (Lipinski definition) is 1. The van der Waals surface area contributed by atoms with E-state index in [1.54, 1.807) is 0 Å². The maximum atomic E-state index is 10.1. The Morgan fingerprint density at radius 2 is 1.00 bits per heavy atom. The molecule has 0 amide bonds. The van der Waals surface area contributed by atoms with Crippen LogP contribution in [0.15, 0.2) is 46.6 Å². The quantitative estimate of drug-likeness (QED) is 0.372. The van der Waals surface area contributed by atoms with Crippen LogP contribution < -0.4 is 0 Å². The van der Waals surface area contributed by atoms with Crippen molar-refractivity contribution in [3.63, 3.8) is 0 Å². The molecule has 24 heavy (non-hydrogen) atoms. The van der Waals surface area contributed by atoms with Crippen molar-refractivity contribution in [2.45, 2.75) is 99.0 Å². The van der Waals surface area contributed by atoms with Crippen molar-refractivity contribution in [2.24, 2.45) is 0 Å². The molecule has 0 heterocycles. The summed E-state index contributed by atoms with van der Waals surface area (Å²) < 4.78 is 0. The van der Waals surface area contributed by atoms with Crippen LogP contribution in [0.3, 0.4) is 0 Å². The molecular formula is C23H40O. The van der Waals surface area contributed by atoms with Crippen molar-refractivity contribution in [3.05, 3.63) is 46.6 Å². The third kappa shape index (κ3) is 15.8. The standard InChI is InChI=1S/C23H40O/c1-19(2)11-7-13-21(5)15-9-17-23(24)18-10-16-22(6)14-8-12-20(3)4/h11-12,15-16,23-24H,7-10,13-14,17-18H2,1-6H3/b21-15+,22-16+. The van der Waals surface area contributed by atoms with E-state index >= 15 is 0 Å². The Balaban J connectivity index is 3.87. The van der Waals surface area contributed by atoms with Crippen LogP contribution in [-0.4, -0.2) is 11.2 Å². The van der Waals surface area contributed by atoms with Gasteiger partial charge in [-0.15, -0.1) is 0 Å². The zero-order chi connectivity index (χ0) is 18.4. The minimum absolute atomic E-state index is 0.173. The Kier molecular flexibility index (Phi) is 13.6. The third-order valence-corrected chi connectivity index (χ3v) is 4.17. The van der Waals surface area contributed by atoms with E-state index in [2.05, 4.69) is 65.8 Å². The van der Waals surface area contributed by atoms with Crippen molar-refractivity contribution < 1.29 is 5.11 Å². The molecule has 0 aromatic heterocycles. The molecule has 0 saturated carbocycles. The first-order chi connectivity index (χ1) is 11.3. The second-order valence-corrected chi connectivity index (χ2v) is 7.55. The molecule has 0 fully saturated rings. The summed E-state index contributed by atoms with van der Waals surface area (Å²) in [6.45, 7) is 13.0. The molecule has 1 heteroatoms. The van der Waals surface area contributed by atoms with Crippen molar-refractivity contribution in [3.8, 4) is 0 Å². The molecule has 0 aromatic carbocycles. The highest BCUT2D eigenvalue weighted by molar-refractivity contribution is 5.03. The highest BCUT2D eigenvalue weighted by Gasteiger charge is 2.02. The molecule has 0 aliphatic rings. The Morgan fingerprint density at radius 1 is 0.625 bits per heavy atom. The van der Waals surface area contributed by atoms with Crippen LogP contribution in [0.5, 0.6) is 0 Å². The van der Waals surface area contributed by atoms with E-state index < -0.39 is 0 Å². The van der Waals surface area contributed by atoms with Crippen LogP contribution in [0.2, 0.25) is 0 Å². The minimum Gasteiger partial charge on any atom is -0.393 e. The summed E-state index contributed by atoms with van der Waals surface area (Å²) in [6, 6.07) is 0. The van der Waals surface area contributed by atoms with Crippen molar-refractivity contribution in [1.82, 2.24) is 0 Å². The number of allylic oxidation sites excluding steroid dienone is 8. The largest absolute Gasteiger partial charge is 0.393 e. The van der Waals surface area contributed by atoms with Gasteiger partial charge in [0.1, 0.15) is 0 Å². The van der Waals surface area contributed by atoms with E-state index in [-0.39, 0.29) is 6.10 Å². The van der Waals surface area contributed by atoms with Crippen LogP contribution in [0.25, 0.3) is 0 Å². The molecule has 1 N–H and O–H groups in total. The number of hydrogen-bond acceptors (Lipinski definition) is 1. The summed E-state index contributed by atoms with van der Waals surface area (Å²) in [5, 5.41) is 10.1. The topological polar surface area (TPSA) is 20.2 Å². The summed E-state index contributed by atoms with van der Waals surface area (Å²) in [5.74, 6) is 0. The monoisotopic (exact) mass is 332 g/mol. The highest BCUT2D eigenvalue weighted by Crippen LogP contribution is 2.13. The fourth-order valence-electron chi connectivity index (χ4n) is 2.57. The molecule has 0 bridgehead atoms. The minimum atomic E-state index is -0.173. The molecule has 1 nitrogen and oxygen atoms in total. The first kappa shape index (κ1) is 22.9. The van der Waals surface area contributed by atoms with E-state index in [0.29, 0.717) is 0 Å². The van der Waals surface area contributed by atoms with Crippen LogP contribution in [0.1, 0.15) is 92.9 Å². The van der Waals surface area contributed by atoms with Crippen LogP contribution in [0, 0.1) is 0 Å². The maximum absolute atomic E-state index is 10.1. The lowest BCUT2D eigenvalue weighted by molar-refractivity contribution is 0.157. The van der Waals surface area contributed by atoms with Gasteiger partial charge in [-0.1, -0.05) is 46.6 Å². The maximum Gasteiger partial charge on any atom is 0.0546 e. The summed E-state index contributed by atoms with van der Waals surface area (Å²) in [6.07, 6.45) is 17.3. The van der Waals surface area contributed by atoms with Gasteiger partial charge in [-0.2, -0.15) is 0 Å². The van der Waals surface area contributed by atoms with Crippen LogP contribution >= 0.6 is 0 Å². The first-order valence-corrected chi connectivity index (χ1v) is 9.57. The number of aliphatic hydroxyl groups is 1. The Bertz CT molecular complexity index is 399. The Labute approximate surface area is 151 Å². The first-order valence-electron chi connectivity index (χ1n) is 9.57. The molecular weight excluding hydrogens is 292 g/mol. The smallest absolute Gasteiger partial charge is 0.0546 e. The average molecular weight is 333 g/mol. The predicted molar refractivity (Wildman–Crippen MR) is 109 cm³/mol. The molecule has 0 aliphatic heterocycles. The number of rotatable bonds is 12. The van der Waals surface area contributed by atoms with Crippen molar-refractivity contribution >= 4 is 0 Å².